The number of carboxylic acid groups (broad SMARTS) is 1. The Hall–Kier alpha value is -3.26. The highest BCUT2D eigenvalue weighted by atomic mass is 32.2. The van der Waals surface area contributed by atoms with Crippen LogP contribution in [0.15, 0.2) is 52.4 Å². The van der Waals surface area contributed by atoms with E-state index in [4.69, 9.17) is 9.84 Å². The van der Waals surface area contributed by atoms with E-state index in [1.165, 1.54) is 16.7 Å². The molecule has 2 N–H and O–H groups in total. The molecule has 0 saturated carbocycles. The highest BCUT2D eigenvalue weighted by Gasteiger charge is 2.30. The maximum atomic E-state index is 12.5. The summed E-state index contributed by atoms with van der Waals surface area (Å²) in [6, 6.07) is 11.9. The van der Waals surface area contributed by atoms with Crippen molar-refractivity contribution in [2.45, 2.75) is 6.92 Å². The number of carbonyl (C=O) groups excluding carboxylic acids is 1. The summed E-state index contributed by atoms with van der Waals surface area (Å²) >= 11 is 1.22. The molecule has 7 nitrogen and oxygen atoms in total. The van der Waals surface area contributed by atoms with Gasteiger partial charge in [-0.15, -0.1) is 0 Å². The van der Waals surface area contributed by atoms with Crippen LogP contribution in [-0.4, -0.2) is 45.8 Å². The van der Waals surface area contributed by atoms with Gasteiger partial charge in [0, 0.05) is 7.05 Å². The fourth-order valence-electron chi connectivity index (χ4n) is 2.44. The lowest BCUT2D eigenvalue weighted by atomic mass is 10.2. The third kappa shape index (κ3) is 4.52. The molecule has 0 spiro atoms. The van der Waals surface area contributed by atoms with Crippen molar-refractivity contribution in [2.75, 3.05) is 13.7 Å². The smallest absolute Gasteiger partial charge is 0.341 e. The molecule has 1 saturated heterocycles. The molecule has 1 heterocycles. The summed E-state index contributed by atoms with van der Waals surface area (Å²) in [6.07, 6.45) is 1.72. The molecule has 8 heteroatoms. The van der Waals surface area contributed by atoms with E-state index < -0.39 is 12.6 Å². The van der Waals surface area contributed by atoms with E-state index in [0.717, 1.165) is 11.1 Å². The van der Waals surface area contributed by atoms with Gasteiger partial charge in [-0.3, -0.25) is 9.69 Å². The average Bonchev–Trinajstić information content (AvgIpc) is 2.91. The molecule has 0 unspecified atom stereocenters. The van der Waals surface area contributed by atoms with Gasteiger partial charge in [0.25, 0.3) is 5.91 Å². The number of carboxylic acids is 1. The Labute approximate surface area is 166 Å². The molecule has 28 heavy (non-hydrogen) atoms. The molecule has 1 fully saturated rings. The Balaban J connectivity index is 1.79. The highest BCUT2D eigenvalue weighted by Crippen LogP contribution is 2.35. The van der Waals surface area contributed by atoms with Crippen molar-refractivity contribution in [3.63, 3.8) is 0 Å². The van der Waals surface area contributed by atoms with Crippen molar-refractivity contribution in [3.8, 4) is 11.5 Å². The number of aliphatic imine (C=N–C) groups is 1. The predicted molar refractivity (Wildman–Crippen MR) is 108 cm³/mol. The van der Waals surface area contributed by atoms with Crippen molar-refractivity contribution in [3.05, 3.63) is 58.5 Å². The minimum Gasteiger partial charge on any atom is -0.506 e. The van der Waals surface area contributed by atoms with E-state index in [2.05, 4.69) is 4.99 Å². The van der Waals surface area contributed by atoms with Crippen molar-refractivity contribution in [1.82, 2.24) is 4.90 Å². The number of amidine groups is 1. The number of hydrogen-bond acceptors (Lipinski definition) is 6. The van der Waals surface area contributed by atoms with Gasteiger partial charge in [-0.25, -0.2) is 9.79 Å². The Morgan fingerprint density at radius 1 is 1.25 bits per heavy atom. The topological polar surface area (TPSA) is 99.4 Å². The van der Waals surface area contributed by atoms with E-state index in [-0.39, 0.29) is 11.7 Å². The lowest BCUT2D eigenvalue weighted by Crippen LogP contribution is -2.23. The van der Waals surface area contributed by atoms with Crippen molar-refractivity contribution >= 4 is 40.6 Å². The van der Waals surface area contributed by atoms with Crippen molar-refractivity contribution in [1.29, 1.82) is 0 Å². The second-order valence-electron chi connectivity index (χ2n) is 6.11. The number of phenols is 1. The summed E-state index contributed by atoms with van der Waals surface area (Å²) in [5.74, 6) is -0.748. The monoisotopic (exact) mass is 398 g/mol. The number of phenolic OH excluding ortho intramolecular Hbond substituents is 1. The molecule has 144 valence electrons. The van der Waals surface area contributed by atoms with Gasteiger partial charge >= 0.3 is 5.97 Å². The Morgan fingerprint density at radius 3 is 2.61 bits per heavy atom. The Kier molecular flexibility index (Phi) is 5.70. The number of ether oxygens (including phenoxy) is 1. The predicted octanol–water partition coefficient (Wildman–Crippen LogP) is 3.40. The fourth-order valence-corrected chi connectivity index (χ4v) is 3.42. The second-order valence-corrected chi connectivity index (χ2v) is 7.12. The van der Waals surface area contributed by atoms with Crippen molar-refractivity contribution in [2.24, 2.45) is 4.99 Å². The van der Waals surface area contributed by atoms with E-state index in [1.54, 1.807) is 49.5 Å². The van der Waals surface area contributed by atoms with Crippen LogP contribution in [0.3, 0.4) is 0 Å². The van der Waals surface area contributed by atoms with Gasteiger partial charge in [-0.2, -0.15) is 0 Å². The molecule has 1 aliphatic rings. The SMILES string of the molecule is Cc1ccc(N=C2S/C(=C\c3ccc(OCC(=O)O)cc3)C(=O)N2C)c(O)c1. The van der Waals surface area contributed by atoms with Crippen LogP contribution in [-0.2, 0) is 9.59 Å². The van der Waals surface area contributed by atoms with Crippen molar-refractivity contribution < 1.29 is 24.5 Å². The summed E-state index contributed by atoms with van der Waals surface area (Å²) < 4.78 is 5.09. The second kappa shape index (κ2) is 8.18. The van der Waals surface area contributed by atoms with E-state index >= 15 is 0 Å². The number of amides is 1. The minimum atomic E-state index is -1.05. The van der Waals surface area contributed by atoms with Crippen LogP contribution in [0.4, 0.5) is 5.69 Å². The number of hydrogen-bond donors (Lipinski definition) is 2. The van der Waals surface area contributed by atoms with Gasteiger partial charge in [0.1, 0.15) is 17.2 Å². The van der Waals surface area contributed by atoms with E-state index in [9.17, 15) is 14.7 Å². The molecule has 1 amide bonds. The Bertz CT molecular complexity index is 983. The first-order valence-electron chi connectivity index (χ1n) is 8.34. The van der Waals surface area contributed by atoms with E-state index in [0.29, 0.717) is 21.5 Å². The molecule has 0 aliphatic carbocycles. The van der Waals surface area contributed by atoms with Gasteiger partial charge < -0.3 is 14.9 Å². The maximum Gasteiger partial charge on any atom is 0.341 e. The molecule has 0 bridgehead atoms. The number of aliphatic carboxylic acids is 1. The third-order valence-corrected chi connectivity index (χ3v) is 4.95. The van der Waals surface area contributed by atoms with Crippen LogP contribution >= 0.6 is 11.8 Å². The zero-order valence-electron chi connectivity index (χ0n) is 15.2. The number of carbonyl (C=O) groups is 2. The lowest BCUT2D eigenvalue weighted by Gasteiger charge is -2.08. The van der Waals surface area contributed by atoms with Gasteiger partial charge in [0.15, 0.2) is 11.8 Å². The van der Waals surface area contributed by atoms with Crippen LogP contribution in [0.2, 0.25) is 0 Å². The first kappa shape index (κ1) is 19.5. The van der Waals surface area contributed by atoms with Crippen LogP contribution in [0.25, 0.3) is 6.08 Å². The van der Waals surface area contributed by atoms with Crippen LogP contribution < -0.4 is 4.74 Å². The molecule has 3 rings (SSSR count). The number of aromatic hydroxyl groups is 1. The largest absolute Gasteiger partial charge is 0.506 e. The maximum absolute atomic E-state index is 12.5. The van der Waals surface area contributed by atoms with Crippen LogP contribution in [0.5, 0.6) is 11.5 Å². The van der Waals surface area contributed by atoms with Gasteiger partial charge in [-0.1, -0.05) is 18.2 Å². The fraction of sp³-hybridized carbons (Fsp3) is 0.150. The molecule has 1 aliphatic heterocycles. The average molecular weight is 398 g/mol. The summed E-state index contributed by atoms with van der Waals surface area (Å²) in [4.78, 5) is 29.3. The standard InChI is InChI=1S/C20H18N2O5S/c1-12-3-8-15(16(23)9-12)21-20-22(2)19(26)17(28-20)10-13-4-6-14(7-5-13)27-11-18(24)25/h3-10,23H,11H2,1-2H3,(H,24,25)/b17-10-,21-20?. The van der Waals surface area contributed by atoms with Crippen LogP contribution in [0.1, 0.15) is 11.1 Å². The number of rotatable bonds is 5. The summed E-state index contributed by atoms with van der Waals surface area (Å²) in [6.45, 7) is 1.46. The quantitative estimate of drug-likeness (QED) is 0.749. The molecule has 2 aromatic carbocycles. The van der Waals surface area contributed by atoms with Gasteiger partial charge in [-0.05, 0) is 60.2 Å². The van der Waals surface area contributed by atoms with Gasteiger partial charge in [0.2, 0.25) is 0 Å². The molecule has 0 aromatic heterocycles. The molecule has 0 radical (unpaired) electrons. The molecule has 0 atom stereocenters. The number of aryl methyl sites for hydroxylation is 1. The molecular formula is C20H18N2O5S. The first-order valence-corrected chi connectivity index (χ1v) is 9.15. The summed E-state index contributed by atoms with van der Waals surface area (Å²) in [5, 5.41) is 19.1. The zero-order valence-corrected chi connectivity index (χ0v) is 16.1. The lowest BCUT2D eigenvalue weighted by molar-refractivity contribution is -0.139. The number of thioether (sulfide) groups is 1. The first-order chi connectivity index (χ1) is 13.3. The summed E-state index contributed by atoms with van der Waals surface area (Å²) in [5.41, 5.74) is 2.08. The third-order valence-electron chi connectivity index (χ3n) is 3.89. The summed E-state index contributed by atoms with van der Waals surface area (Å²) in [7, 11) is 1.63. The molecular weight excluding hydrogens is 380 g/mol. The normalized spacial score (nSPS) is 16.8. The van der Waals surface area contributed by atoms with Crippen LogP contribution in [0, 0.1) is 6.92 Å². The van der Waals surface area contributed by atoms with Gasteiger partial charge in [0.05, 0.1) is 4.91 Å². The number of nitrogens with zero attached hydrogens (tertiary/aromatic N) is 2. The Morgan fingerprint density at radius 2 is 1.96 bits per heavy atom. The van der Waals surface area contributed by atoms with E-state index in [1.807, 2.05) is 13.0 Å². The number of likely N-dealkylation sites (N-methyl/N-ethyl adjacent to an activating group) is 1. The minimum absolute atomic E-state index is 0.0586. The zero-order chi connectivity index (χ0) is 20.3. The molecule has 2 aromatic rings. The number of benzene rings is 2. The highest BCUT2D eigenvalue weighted by molar-refractivity contribution is 8.18.